The van der Waals surface area contributed by atoms with Crippen LogP contribution >= 0.6 is 22.9 Å². The lowest BCUT2D eigenvalue weighted by molar-refractivity contribution is -0.895. The summed E-state index contributed by atoms with van der Waals surface area (Å²) in [6.07, 6.45) is 2.06. The highest BCUT2D eigenvalue weighted by molar-refractivity contribution is 7.16. The Labute approximate surface area is 152 Å². The Hall–Kier alpha value is -2.47. The zero-order chi connectivity index (χ0) is 18.1. The molecule has 9 heteroatoms. The van der Waals surface area contributed by atoms with Crippen LogP contribution in [0.2, 0.25) is 5.02 Å². The van der Waals surface area contributed by atoms with Crippen LogP contribution in [0.1, 0.15) is 21.6 Å². The number of nitrogens with one attached hydrogen (secondary N) is 1. The molecule has 0 saturated heterocycles. The molecule has 1 N–H and O–H groups in total. The summed E-state index contributed by atoms with van der Waals surface area (Å²) in [5, 5.41) is 33.1. The number of halogens is 1. The third kappa shape index (κ3) is 3.35. The van der Waals surface area contributed by atoms with Crippen LogP contribution in [0.3, 0.4) is 0 Å². The van der Waals surface area contributed by atoms with Gasteiger partial charge in [0.05, 0.1) is 29.0 Å². The minimum Gasteiger partial charge on any atom is -0.867 e. The average molecular weight is 377 g/mol. The fourth-order valence-corrected chi connectivity index (χ4v) is 4.25. The molecule has 1 aliphatic rings. The third-order valence-corrected chi connectivity index (χ3v) is 5.39. The molecule has 1 aromatic carbocycles. The van der Waals surface area contributed by atoms with Crippen LogP contribution in [-0.2, 0) is 13.0 Å². The van der Waals surface area contributed by atoms with Gasteiger partial charge in [0.25, 0.3) is 5.69 Å². The largest absolute Gasteiger partial charge is 0.867 e. The van der Waals surface area contributed by atoms with Crippen LogP contribution in [0.5, 0.6) is 5.75 Å². The van der Waals surface area contributed by atoms with Gasteiger partial charge in [-0.05, 0) is 22.9 Å². The maximum Gasteiger partial charge on any atom is 0.263 e. The fourth-order valence-electron chi connectivity index (χ4n) is 2.77. The molecule has 1 aliphatic heterocycles. The van der Waals surface area contributed by atoms with E-state index in [2.05, 4.69) is 18.1 Å². The van der Waals surface area contributed by atoms with Gasteiger partial charge in [-0.2, -0.15) is 5.26 Å². The summed E-state index contributed by atoms with van der Waals surface area (Å²) in [4.78, 5) is 16.9. The summed E-state index contributed by atoms with van der Waals surface area (Å²) in [6.45, 7) is 1.78. The molecule has 128 valence electrons. The number of hydrogen-bond acceptors (Lipinski definition) is 6. The number of nitrogens with zero attached hydrogens (tertiary/aromatic N) is 3. The number of nitro groups is 1. The van der Waals surface area contributed by atoms with Crippen molar-refractivity contribution in [1.82, 2.24) is 0 Å². The van der Waals surface area contributed by atoms with Gasteiger partial charge in [-0.15, -0.1) is 11.3 Å². The zero-order valence-electron chi connectivity index (χ0n) is 13.2. The summed E-state index contributed by atoms with van der Waals surface area (Å²) < 4.78 is 0. The fraction of sp³-hybridized carbons (Fsp3) is 0.250. The summed E-state index contributed by atoms with van der Waals surface area (Å²) >= 11 is 7.27. The van der Waals surface area contributed by atoms with E-state index in [1.54, 1.807) is 0 Å². The molecule has 0 amide bonds. The molecule has 25 heavy (non-hydrogen) atoms. The van der Waals surface area contributed by atoms with Gasteiger partial charge in [0, 0.05) is 23.7 Å². The van der Waals surface area contributed by atoms with E-state index < -0.39 is 16.4 Å². The summed E-state index contributed by atoms with van der Waals surface area (Å²) in [5.74, 6) is -0.748. The van der Waals surface area contributed by atoms with Crippen LogP contribution in [0, 0.1) is 21.4 Å². The molecule has 1 aromatic heterocycles. The second-order valence-electron chi connectivity index (χ2n) is 5.79. The van der Waals surface area contributed by atoms with Crippen molar-refractivity contribution >= 4 is 39.8 Å². The van der Waals surface area contributed by atoms with Crippen molar-refractivity contribution in [3.63, 3.8) is 0 Å². The first-order chi connectivity index (χ1) is 11.9. The lowest BCUT2D eigenvalue weighted by atomic mass is 10.0. The highest BCUT2D eigenvalue weighted by Gasteiger charge is 2.24. The topological polar surface area (TPSA) is 107 Å². The maximum atomic E-state index is 12.1. The van der Waals surface area contributed by atoms with Gasteiger partial charge in [-0.1, -0.05) is 11.6 Å². The molecule has 3 rings (SSSR count). The molecule has 0 bridgehead atoms. The van der Waals surface area contributed by atoms with Crippen LogP contribution in [0.4, 0.5) is 10.7 Å². The number of quaternary nitrogens is 1. The lowest BCUT2D eigenvalue weighted by Gasteiger charge is -2.18. The number of likely N-dealkylation sites (N-methyl/N-ethyl adjacent to an activating group) is 1. The second kappa shape index (κ2) is 6.80. The van der Waals surface area contributed by atoms with E-state index in [1.165, 1.54) is 28.5 Å². The standard InChI is InChI=1S/C16H13ClN4O3S/c1-20-3-2-11-12(6-18)16(25-14(11)8-20)19-7-9-4-10(17)5-13(15(9)22)21(23)24/h4-5,7,22H,2-3,8H2,1H3. The first kappa shape index (κ1) is 17.4. The van der Waals surface area contributed by atoms with E-state index in [0.717, 1.165) is 36.0 Å². The highest BCUT2D eigenvalue weighted by Crippen LogP contribution is 2.37. The number of rotatable bonds is 3. The number of fused-ring (bicyclic) bond motifs is 1. The molecule has 7 nitrogen and oxygen atoms in total. The van der Waals surface area contributed by atoms with Crippen LogP contribution in [-0.4, -0.2) is 24.7 Å². The predicted molar refractivity (Wildman–Crippen MR) is 93.0 cm³/mol. The molecular formula is C16H13ClN4O3S. The van der Waals surface area contributed by atoms with Crippen LogP contribution in [0.25, 0.3) is 0 Å². The average Bonchev–Trinajstić information content (AvgIpc) is 2.91. The highest BCUT2D eigenvalue weighted by atomic mass is 35.5. The molecule has 2 heterocycles. The van der Waals surface area contributed by atoms with E-state index in [1.807, 2.05) is 0 Å². The molecule has 0 aliphatic carbocycles. The SMILES string of the molecule is C[NH+]1CCc2c(sc(N=Cc3cc(Cl)cc([N+](=O)[O-])c3[O-])c2C#N)C1. The number of hydrogen-bond donors (Lipinski definition) is 1. The van der Waals surface area contributed by atoms with Crippen molar-refractivity contribution in [2.75, 3.05) is 13.6 Å². The molecular weight excluding hydrogens is 364 g/mol. The zero-order valence-corrected chi connectivity index (χ0v) is 14.8. The Morgan fingerprint density at radius 2 is 2.28 bits per heavy atom. The summed E-state index contributed by atoms with van der Waals surface area (Å²) in [6, 6.07) is 4.53. The van der Waals surface area contributed by atoms with Gasteiger partial charge in [-0.3, -0.25) is 10.1 Å². The minimum absolute atomic E-state index is 0.0252. The monoisotopic (exact) mass is 376 g/mol. The van der Waals surface area contributed by atoms with Crippen molar-refractivity contribution in [3.8, 4) is 11.8 Å². The number of nitro benzene ring substituents is 1. The van der Waals surface area contributed by atoms with Crippen LogP contribution < -0.4 is 10.0 Å². The van der Waals surface area contributed by atoms with E-state index in [9.17, 15) is 20.5 Å². The van der Waals surface area contributed by atoms with Gasteiger partial charge in [-0.25, -0.2) is 4.99 Å². The Bertz CT molecular complexity index is 932. The first-order valence-electron chi connectivity index (χ1n) is 7.45. The van der Waals surface area contributed by atoms with E-state index in [4.69, 9.17) is 11.6 Å². The van der Waals surface area contributed by atoms with Crippen molar-refractivity contribution in [1.29, 1.82) is 5.26 Å². The normalized spacial score (nSPS) is 16.6. The van der Waals surface area contributed by atoms with Crippen LogP contribution in [0.15, 0.2) is 17.1 Å². The van der Waals surface area contributed by atoms with Gasteiger partial charge in [0.2, 0.25) is 0 Å². The van der Waals surface area contributed by atoms with Gasteiger partial charge < -0.3 is 10.0 Å². The Kier molecular flexibility index (Phi) is 4.72. The van der Waals surface area contributed by atoms with E-state index >= 15 is 0 Å². The van der Waals surface area contributed by atoms with Crippen molar-refractivity contribution in [2.45, 2.75) is 13.0 Å². The lowest BCUT2D eigenvalue weighted by Crippen LogP contribution is -3.08. The quantitative estimate of drug-likeness (QED) is 0.498. The molecule has 1 atom stereocenters. The molecule has 0 saturated carbocycles. The van der Waals surface area contributed by atoms with Crippen molar-refractivity contribution < 1.29 is 14.9 Å². The Morgan fingerprint density at radius 1 is 1.52 bits per heavy atom. The smallest absolute Gasteiger partial charge is 0.263 e. The molecule has 0 spiro atoms. The molecule has 0 radical (unpaired) electrons. The Balaban J connectivity index is 2.01. The van der Waals surface area contributed by atoms with Gasteiger partial charge in [0.1, 0.15) is 17.6 Å². The summed E-state index contributed by atoms with van der Waals surface area (Å²) in [5.41, 5.74) is 0.972. The first-order valence-corrected chi connectivity index (χ1v) is 8.65. The number of aliphatic imine (C=N–C) groups is 1. The number of nitriles is 1. The van der Waals surface area contributed by atoms with E-state index in [0.29, 0.717) is 10.6 Å². The molecule has 1 unspecified atom stereocenters. The van der Waals surface area contributed by atoms with Crippen molar-refractivity contribution in [3.05, 3.63) is 48.8 Å². The van der Waals surface area contributed by atoms with Crippen molar-refractivity contribution in [2.24, 2.45) is 4.99 Å². The van der Waals surface area contributed by atoms with E-state index in [-0.39, 0.29) is 10.6 Å². The number of thiophene rings is 1. The Morgan fingerprint density at radius 3 is 2.96 bits per heavy atom. The second-order valence-corrected chi connectivity index (χ2v) is 7.31. The molecule has 2 aromatic rings. The van der Waals surface area contributed by atoms with Gasteiger partial charge in [0.15, 0.2) is 0 Å². The predicted octanol–water partition coefficient (Wildman–Crippen LogP) is 1.58. The van der Waals surface area contributed by atoms with Gasteiger partial charge >= 0.3 is 0 Å². The third-order valence-electron chi connectivity index (χ3n) is 4.03. The molecule has 0 fully saturated rings. The number of benzene rings is 1. The summed E-state index contributed by atoms with van der Waals surface area (Å²) in [7, 11) is 2.09. The minimum atomic E-state index is -0.769. The maximum absolute atomic E-state index is 12.1.